The van der Waals surface area contributed by atoms with E-state index in [0.29, 0.717) is 12.0 Å². The van der Waals surface area contributed by atoms with Crippen LogP contribution in [0.5, 0.6) is 0 Å². The predicted octanol–water partition coefficient (Wildman–Crippen LogP) is 4.27. The predicted molar refractivity (Wildman–Crippen MR) is 118 cm³/mol. The van der Waals surface area contributed by atoms with Crippen LogP contribution in [0.1, 0.15) is 57.0 Å². The Labute approximate surface area is 178 Å². The van der Waals surface area contributed by atoms with Crippen LogP contribution in [-0.4, -0.2) is 38.2 Å². The zero-order valence-electron chi connectivity index (χ0n) is 18.1. The number of nitrogens with one attached hydrogen (secondary N) is 1. The molecule has 0 aliphatic heterocycles. The van der Waals surface area contributed by atoms with Crippen molar-refractivity contribution in [3.63, 3.8) is 0 Å². The van der Waals surface area contributed by atoms with Crippen molar-refractivity contribution in [2.45, 2.75) is 64.8 Å². The lowest BCUT2D eigenvalue weighted by Gasteiger charge is -2.31. The maximum Gasteiger partial charge on any atom is 0.144 e. The number of rotatable bonds is 7. The van der Waals surface area contributed by atoms with Crippen LogP contribution in [0.3, 0.4) is 0 Å². The fourth-order valence-electron chi connectivity index (χ4n) is 4.17. The summed E-state index contributed by atoms with van der Waals surface area (Å²) in [6.45, 7) is 7.24. The van der Waals surface area contributed by atoms with E-state index >= 15 is 0 Å². The number of fused-ring (bicyclic) bond motifs is 1. The number of ether oxygens (including phenoxy) is 1. The first-order valence-corrected chi connectivity index (χ1v) is 11.0. The summed E-state index contributed by atoms with van der Waals surface area (Å²) in [5.74, 6) is 0.568. The maximum atomic E-state index is 10.9. The molecule has 0 bridgehead atoms. The second-order valence-electron chi connectivity index (χ2n) is 8.76. The zero-order chi connectivity index (χ0) is 21.1. The molecule has 1 aliphatic carbocycles. The molecule has 3 aromatic rings. The first-order chi connectivity index (χ1) is 14.5. The molecule has 6 nitrogen and oxygen atoms in total. The molecule has 1 saturated carbocycles. The van der Waals surface area contributed by atoms with Gasteiger partial charge in [0.1, 0.15) is 11.9 Å². The Kier molecular flexibility index (Phi) is 6.46. The van der Waals surface area contributed by atoms with Crippen LogP contribution in [-0.2, 0) is 4.74 Å². The smallest absolute Gasteiger partial charge is 0.144 e. The lowest BCUT2D eigenvalue weighted by atomic mass is 9.92. The number of hydrogen-bond acceptors (Lipinski definition) is 5. The number of pyridine rings is 1. The van der Waals surface area contributed by atoms with Gasteiger partial charge in [-0.1, -0.05) is 13.8 Å². The lowest BCUT2D eigenvalue weighted by molar-refractivity contribution is 0.00285. The van der Waals surface area contributed by atoms with Gasteiger partial charge >= 0.3 is 0 Å². The molecule has 0 aromatic carbocycles. The summed E-state index contributed by atoms with van der Waals surface area (Å²) < 4.78 is 8.01. The Balaban J connectivity index is 1.46. The molecule has 1 unspecified atom stereocenters. The number of nitrogens with zero attached hydrogens (tertiary/aromatic N) is 3. The Morgan fingerprint density at radius 2 is 2.03 bits per heavy atom. The maximum absolute atomic E-state index is 10.9. The summed E-state index contributed by atoms with van der Waals surface area (Å²) >= 11 is 0. The fraction of sp³-hybridized carbons (Fsp3) is 0.500. The Bertz CT molecular complexity index is 962. The second-order valence-corrected chi connectivity index (χ2v) is 8.76. The average Bonchev–Trinajstić information content (AvgIpc) is 3.18. The lowest BCUT2D eigenvalue weighted by Crippen LogP contribution is -2.37. The largest absolute Gasteiger partial charge is 0.378 e. The van der Waals surface area contributed by atoms with Crippen molar-refractivity contribution >= 4 is 5.65 Å². The third-order valence-electron chi connectivity index (χ3n) is 5.83. The van der Waals surface area contributed by atoms with Gasteiger partial charge in [0.2, 0.25) is 0 Å². The third-order valence-corrected chi connectivity index (χ3v) is 5.83. The minimum absolute atomic E-state index is 0.288. The van der Waals surface area contributed by atoms with E-state index < -0.39 is 6.23 Å². The number of aliphatic hydroxyl groups is 1. The van der Waals surface area contributed by atoms with Crippen molar-refractivity contribution in [3.8, 4) is 11.3 Å². The minimum Gasteiger partial charge on any atom is -0.378 e. The van der Waals surface area contributed by atoms with Crippen LogP contribution in [0.2, 0.25) is 0 Å². The summed E-state index contributed by atoms with van der Waals surface area (Å²) in [4.78, 5) is 9.04. The molecule has 3 heterocycles. The molecule has 6 heteroatoms. The summed E-state index contributed by atoms with van der Waals surface area (Å²) in [5, 5.41) is 14.4. The molecule has 1 aliphatic rings. The number of aliphatic hydroxyl groups excluding tert-OH is 1. The summed E-state index contributed by atoms with van der Waals surface area (Å²) in [6, 6.07) is 8.20. The van der Waals surface area contributed by atoms with E-state index in [1.165, 1.54) is 0 Å². The highest BCUT2D eigenvalue weighted by atomic mass is 16.5. The molecule has 1 fully saturated rings. The van der Waals surface area contributed by atoms with Gasteiger partial charge in [0.15, 0.2) is 0 Å². The molecule has 1 atom stereocenters. The summed E-state index contributed by atoms with van der Waals surface area (Å²) in [5.41, 5.74) is 4.49. The Hall–Kier alpha value is -2.28. The van der Waals surface area contributed by atoms with Gasteiger partial charge in [-0.2, -0.15) is 0 Å². The van der Waals surface area contributed by atoms with E-state index in [9.17, 15) is 5.11 Å². The van der Waals surface area contributed by atoms with Gasteiger partial charge in [-0.3, -0.25) is 10.3 Å². The number of aryl methyl sites for hydroxylation is 1. The van der Waals surface area contributed by atoms with Gasteiger partial charge < -0.3 is 14.2 Å². The zero-order valence-corrected chi connectivity index (χ0v) is 18.1. The third kappa shape index (κ3) is 4.72. The Morgan fingerprint density at radius 3 is 2.73 bits per heavy atom. The molecular formula is C24H32N4O2. The van der Waals surface area contributed by atoms with Crippen LogP contribution in [0.4, 0.5) is 0 Å². The highest BCUT2D eigenvalue weighted by Gasteiger charge is 2.25. The SMILES string of the molecule is Cc1cc(-c2cccnc2)nc2c(C(O)NC3CCC(OCC(C)C)CC3)ccn12. The fourth-order valence-corrected chi connectivity index (χ4v) is 4.17. The van der Waals surface area contributed by atoms with Crippen LogP contribution in [0, 0.1) is 12.8 Å². The summed E-state index contributed by atoms with van der Waals surface area (Å²) in [7, 11) is 0. The molecular weight excluding hydrogens is 376 g/mol. The van der Waals surface area contributed by atoms with Crippen molar-refractivity contribution in [1.29, 1.82) is 0 Å². The van der Waals surface area contributed by atoms with Crippen LogP contribution < -0.4 is 5.32 Å². The van der Waals surface area contributed by atoms with Gasteiger partial charge in [0, 0.05) is 48.1 Å². The van der Waals surface area contributed by atoms with Crippen molar-refractivity contribution in [2.24, 2.45) is 5.92 Å². The van der Waals surface area contributed by atoms with Gasteiger partial charge in [-0.25, -0.2) is 4.98 Å². The van der Waals surface area contributed by atoms with Crippen molar-refractivity contribution in [3.05, 3.63) is 54.1 Å². The monoisotopic (exact) mass is 408 g/mol. The van der Waals surface area contributed by atoms with Crippen LogP contribution in [0.15, 0.2) is 42.9 Å². The second kappa shape index (κ2) is 9.25. The molecule has 160 valence electrons. The van der Waals surface area contributed by atoms with Gasteiger partial charge in [0.25, 0.3) is 0 Å². The highest BCUT2D eigenvalue weighted by Crippen LogP contribution is 2.27. The van der Waals surface area contributed by atoms with Gasteiger partial charge in [-0.05, 0) is 62.8 Å². The molecule has 0 amide bonds. The molecule has 4 rings (SSSR count). The van der Waals surface area contributed by atoms with Crippen LogP contribution >= 0.6 is 0 Å². The molecule has 3 aromatic heterocycles. The minimum atomic E-state index is -0.746. The van der Waals surface area contributed by atoms with Crippen LogP contribution in [0.25, 0.3) is 16.9 Å². The first-order valence-electron chi connectivity index (χ1n) is 11.0. The summed E-state index contributed by atoms with van der Waals surface area (Å²) in [6.07, 6.45) is 9.25. The van der Waals surface area contributed by atoms with E-state index in [1.54, 1.807) is 6.20 Å². The quantitative estimate of drug-likeness (QED) is 0.571. The van der Waals surface area contributed by atoms with Gasteiger partial charge in [-0.15, -0.1) is 0 Å². The first kappa shape index (κ1) is 21.0. The van der Waals surface area contributed by atoms with E-state index in [2.05, 4.69) is 31.1 Å². The topological polar surface area (TPSA) is 71.7 Å². The van der Waals surface area contributed by atoms with E-state index in [4.69, 9.17) is 9.72 Å². The van der Waals surface area contributed by atoms with E-state index in [0.717, 1.165) is 60.5 Å². The van der Waals surface area contributed by atoms with Crippen molar-refractivity contribution < 1.29 is 9.84 Å². The van der Waals surface area contributed by atoms with Crippen molar-refractivity contribution in [1.82, 2.24) is 19.7 Å². The van der Waals surface area contributed by atoms with E-state index in [-0.39, 0.29) is 6.04 Å². The highest BCUT2D eigenvalue weighted by molar-refractivity contribution is 5.63. The standard InChI is InChI=1S/C24H32N4O2/c1-16(2)15-30-20-8-6-19(7-9-20)26-24(29)21-10-12-28-17(3)13-22(27-23(21)28)18-5-4-11-25-14-18/h4-5,10-14,16,19-20,24,26,29H,6-9,15H2,1-3H3. The molecule has 30 heavy (non-hydrogen) atoms. The molecule has 0 saturated heterocycles. The molecule has 0 radical (unpaired) electrons. The molecule has 2 N–H and O–H groups in total. The van der Waals surface area contributed by atoms with E-state index in [1.807, 2.05) is 41.1 Å². The van der Waals surface area contributed by atoms with Gasteiger partial charge in [0.05, 0.1) is 11.8 Å². The normalized spacial score (nSPS) is 20.7. The Morgan fingerprint density at radius 1 is 1.23 bits per heavy atom. The number of aromatic nitrogens is 3. The number of hydrogen-bond donors (Lipinski definition) is 2. The molecule has 0 spiro atoms. The average molecular weight is 409 g/mol. The van der Waals surface area contributed by atoms with Crippen molar-refractivity contribution in [2.75, 3.05) is 6.61 Å².